The molecular formula is C10H14N4O2. The third kappa shape index (κ3) is 1.78. The zero-order valence-corrected chi connectivity index (χ0v) is 9.14. The van der Waals surface area contributed by atoms with Crippen molar-refractivity contribution >= 4 is 11.8 Å². The van der Waals surface area contributed by atoms with Crippen molar-refractivity contribution in [3.8, 4) is 0 Å². The fraction of sp³-hybridized carbons (Fsp3) is 0.500. The molecule has 0 spiro atoms. The van der Waals surface area contributed by atoms with Crippen LogP contribution in [-0.2, 0) is 7.05 Å². The van der Waals surface area contributed by atoms with Gasteiger partial charge in [0.15, 0.2) is 5.69 Å². The van der Waals surface area contributed by atoms with Crippen LogP contribution in [0, 0.1) is 0 Å². The first-order valence-corrected chi connectivity index (χ1v) is 5.22. The predicted molar refractivity (Wildman–Crippen MR) is 56.9 cm³/mol. The molecule has 86 valence electrons. The standard InChI is InChI=1S/C10H14N4O2/c1-13-8(6-7(12-13)9(11)15)10(16)14-4-2-3-5-14/h6H,2-5H2,1H3,(H2,11,15). The lowest BCUT2D eigenvalue weighted by molar-refractivity contribution is 0.0781. The molecule has 6 heteroatoms. The molecule has 0 unspecified atom stereocenters. The molecule has 1 fully saturated rings. The zero-order valence-electron chi connectivity index (χ0n) is 9.14. The van der Waals surface area contributed by atoms with E-state index in [2.05, 4.69) is 5.10 Å². The largest absolute Gasteiger partial charge is 0.364 e. The van der Waals surface area contributed by atoms with Crippen LogP contribution < -0.4 is 5.73 Å². The summed E-state index contributed by atoms with van der Waals surface area (Å²) in [5.74, 6) is -0.698. The minimum Gasteiger partial charge on any atom is -0.364 e. The van der Waals surface area contributed by atoms with Gasteiger partial charge in [-0.3, -0.25) is 14.3 Å². The van der Waals surface area contributed by atoms with E-state index in [9.17, 15) is 9.59 Å². The number of nitrogens with zero attached hydrogens (tertiary/aromatic N) is 3. The summed E-state index contributed by atoms with van der Waals surface area (Å²) in [6.45, 7) is 1.55. The van der Waals surface area contributed by atoms with Crippen LogP contribution in [0.5, 0.6) is 0 Å². The molecule has 0 aliphatic carbocycles. The molecule has 0 atom stereocenters. The van der Waals surface area contributed by atoms with E-state index >= 15 is 0 Å². The average molecular weight is 222 g/mol. The Labute approximate surface area is 93.0 Å². The number of carbonyl (C=O) groups excluding carboxylic acids is 2. The number of primary amides is 1. The fourth-order valence-corrected chi connectivity index (χ4v) is 1.87. The number of nitrogens with two attached hydrogens (primary N) is 1. The van der Waals surface area contributed by atoms with Gasteiger partial charge in [-0.1, -0.05) is 0 Å². The Bertz CT molecular complexity index is 432. The lowest BCUT2D eigenvalue weighted by Crippen LogP contribution is -2.29. The summed E-state index contributed by atoms with van der Waals surface area (Å²) >= 11 is 0. The van der Waals surface area contributed by atoms with Gasteiger partial charge in [-0.25, -0.2) is 0 Å². The minimum atomic E-state index is -0.615. The van der Waals surface area contributed by atoms with E-state index in [1.54, 1.807) is 11.9 Å². The van der Waals surface area contributed by atoms with E-state index < -0.39 is 5.91 Å². The second kappa shape index (κ2) is 3.96. The third-order valence-electron chi connectivity index (χ3n) is 2.74. The Morgan fingerprint density at radius 3 is 2.50 bits per heavy atom. The van der Waals surface area contributed by atoms with Gasteiger partial charge in [0.05, 0.1) is 0 Å². The zero-order chi connectivity index (χ0) is 11.7. The molecule has 0 saturated carbocycles. The molecule has 0 radical (unpaired) electrons. The monoisotopic (exact) mass is 222 g/mol. The SMILES string of the molecule is Cn1nc(C(N)=O)cc1C(=O)N1CCCC1. The second-order valence-corrected chi connectivity index (χ2v) is 3.90. The molecule has 2 amide bonds. The van der Waals surface area contributed by atoms with Gasteiger partial charge in [-0.2, -0.15) is 5.10 Å². The molecule has 2 heterocycles. The van der Waals surface area contributed by atoms with Crippen molar-refractivity contribution in [1.29, 1.82) is 0 Å². The number of amides is 2. The third-order valence-corrected chi connectivity index (χ3v) is 2.74. The van der Waals surface area contributed by atoms with Crippen molar-refractivity contribution in [2.24, 2.45) is 12.8 Å². The van der Waals surface area contributed by atoms with Gasteiger partial charge in [0.1, 0.15) is 5.69 Å². The van der Waals surface area contributed by atoms with E-state index in [1.807, 2.05) is 0 Å². The van der Waals surface area contributed by atoms with Gasteiger partial charge in [0, 0.05) is 26.2 Å². The molecule has 0 bridgehead atoms. The lowest BCUT2D eigenvalue weighted by atomic mass is 10.3. The normalized spacial score (nSPS) is 15.4. The number of carbonyl (C=O) groups is 2. The summed E-state index contributed by atoms with van der Waals surface area (Å²) < 4.78 is 1.40. The van der Waals surface area contributed by atoms with E-state index in [4.69, 9.17) is 5.73 Å². The highest BCUT2D eigenvalue weighted by Gasteiger charge is 2.23. The lowest BCUT2D eigenvalue weighted by Gasteiger charge is -2.14. The van der Waals surface area contributed by atoms with Crippen LogP contribution in [0.15, 0.2) is 6.07 Å². The van der Waals surface area contributed by atoms with Crippen LogP contribution in [0.2, 0.25) is 0 Å². The summed E-state index contributed by atoms with van der Waals surface area (Å²) in [7, 11) is 1.63. The van der Waals surface area contributed by atoms with Crippen molar-refractivity contribution in [2.45, 2.75) is 12.8 Å². The number of aryl methyl sites for hydroxylation is 1. The van der Waals surface area contributed by atoms with Crippen molar-refractivity contribution in [3.63, 3.8) is 0 Å². The molecule has 0 aromatic carbocycles. The number of rotatable bonds is 2. The van der Waals surface area contributed by atoms with Crippen LogP contribution in [0.25, 0.3) is 0 Å². The van der Waals surface area contributed by atoms with Crippen LogP contribution in [0.1, 0.15) is 33.8 Å². The van der Waals surface area contributed by atoms with Crippen LogP contribution in [0.3, 0.4) is 0 Å². The average Bonchev–Trinajstić information content (AvgIpc) is 2.84. The highest BCUT2D eigenvalue weighted by molar-refractivity contribution is 5.97. The highest BCUT2D eigenvalue weighted by Crippen LogP contribution is 2.13. The maximum atomic E-state index is 12.0. The summed E-state index contributed by atoms with van der Waals surface area (Å²) in [6, 6.07) is 1.45. The van der Waals surface area contributed by atoms with Crippen molar-refractivity contribution in [1.82, 2.24) is 14.7 Å². The van der Waals surface area contributed by atoms with Crippen LogP contribution in [-0.4, -0.2) is 39.6 Å². The van der Waals surface area contributed by atoms with Gasteiger partial charge in [-0.05, 0) is 12.8 Å². The molecule has 1 saturated heterocycles. The summed E-state index contributed by atoms with van der Waals surface area (Å²) in [5, 5.41) is 3.90. The fourth-order valence-electron chi connectivity index (χ4n) is 1.87. The maximum Gasteiger partial charge on any atom is 0.272 e. The van der Waals surface area contributed by atoms with Crippen LogP contribution in [0.4, 0.5) is 0 Å². The molecule has 16 heavy (non-hydrogen) atoms. The van der Waals surface area contributed by atoms with Gasteiger partial charge in [0.2, 0.25) is 0 Å². The molecule has 2 rings (SSSR count). The topological polar surface area (TPSA) is 81.2 Å². The van der Waals surface area contributed by atoms with E-state index in [0.717, 1.165) is 25.9 Å². The summed E-state index contributed by atoms with van der Waals surface area (Å²) in [5.41, 5.74) is 5.65. The number of hydrogen-bond acceptors (Lipinski definition) is 3. The number of hydrogen-bond donors (Lipinski definition) is 1. The predicted octanol–water partition coefficient (Wildman–Crippen LogP) is -0.245. The molecular weight excluding hydrogens is 208 g/mol. The Kier molecular flexibility index (Phi) is 2.64. The molecule has 6 nitrogen and oxygen atoms in total. The van der Waals surface area contributed by atoms with E-state index in [1.165, 1.54) is 10.7 Å². The van der Waals surface area contributed by atoms with Crippen LogP contribution >= 0.6 is 0 Å². The molecule has 1 aromatic heterocycles. The first kappa shape index (κ1) is 10.7. The molecule has 2 N–H and O–H groups in total. The van der Waals surface area contributed by atoms with E-state index in [0.29, 0.717) is 5.69 Å². The quantitative estimate of drug-likeness (QED) is 0.749. The number of aromatic nitrogens is 2. The van der Waals surface area contributed by atoms with Gasteiger partial charge in [-0.15, -0.1) is 0 Å². The van der Waals surface area contributed by atoms with Gasteiger partial charge < -0.3 is 10.6 Å². The van der Waals surface area contributed by atoms with Crippen molar-refractivity contribution in [2.75, 3.05) is 13.1 Å². The second-order valence-electron chi connectivity index (χ2n) is 3.90. The summed E-state index contributed by atoms with van der Waals surface area (Å²) in [4.78, 5) is 24.7. The molecule has 1 aromatic rings. The Morgan fingerprint density at radius 2 is 2.00 bits per heavy atom. The van der Waals surface area contributed by atoms with E-state index in [-0.39, 0.29) is 11.6 Å². The summed E-state index contributed by atoms with van der Waals surface area (Å²) in [6.07, 6.45) is 2.07. The van der Waals surface area contributed by atoms with Crippen molar-refractivity contribution < 1.29 is 9.59 Å². The number of likely N-dealkylation sites (tertiary alicyclic amines) is 1. The smallest absolute Gasteiger partial charge is 0.272 e. The Balaban J connectivity index is 2.25. The minimum absolute atomic E-state index is 0.0833. The maximum absolute atomic E-state index is 12.0. The first-order valence-electron chi connectivity index (χ1n) is 5.22. The highest BCUT2D eigenvalue weighted by atomic mass is 16.2. The Hall–Kier alpha value is -1.85. The van der Waals surface area contributed by atoms with Crippen molar-refractivity contribution in [3.05, 3.63) is 17.5 Å². The van der Waals surface area contributed by atoms with Gasteiger partial charge in [0.25, 0.3) is 11.8 Å². The molecule has 1 aliphatic heterocycles. The Morgan fingerprint density at radius 1 is 1.38 bits per heavy atom. The van der Waals surface area contributed by atoms with Gasteiger partial charge >= 0.3 is 0 Å². The molecule has 1 aliphatic rings. The first-order chi connectivity index (χ1) is 7.59.